The summed E-state index contributed by atoms with van der Waals surface area (Å²) in [5.41, 5.74) is 0.971. The van der Waals surface area contributed by atoms with Gasteiger partial charge in [0.15, 0.2) is 0 Å². The summed E-state index contributed by atoms with van der Waals surface area (Å²) in [6.45, 7) is 9.69. The van der Waals surface area contributed by atoms with Gasteiger partial charge < -0.3 is 19.7 Å². The highest BCUT2D eigenvalue weighted by molar-refractivity contribution is 5.77. The Bertz CT molecular complexity index is 537. The lowest BCUT2D eigenvalue weighted by Gasteiger charge is -2.43. The molecule has 1 aromatic rings. The van der Waals surface area contributed by atoms with Gasteiger partial charge in [0.1, 0.15) is 12.4 Å². The third kappa shape index (κ3) is 6.30. The summed E-state index contributed by atoms with van der Waals surface area (Å²) in [5.74, 6) is 0.739. The van der Waals surface area contributed by atoms with Gasteiger partial charge in [0.2, 0.25) is 5.91 Å². The van der Waals surface area contributed by atoms with E-state index in [2.05, 4.69) is 36.0 Å². The Labute approximate surface area is 151 Å². The molecule has 0 aromatic heterocycles. The first-order chi connectivity index (χ1) is 11.9. The highest BCUT2D eigenvalue weighted by Gasteiger charge is 2.29. The zero-order valence-electron chi connectivity index (χ0n) is 15.9. The number of carbonyl (C=O) groups is 1. The van der Waals surface area contributed by atoms with Gasteiger partial charge in [-0.05, 0) is 38.6 Å². The van der Waals surface area contributed by atoms with E-state index in [0.717, 1.165) is 37.5 Å². The molecule has 1 fully saturated rings. The molecule has 1 heterocycles. The lowest BCUT2D eigenvalue weighted by atomic mass is 10.0. The first kappa shape index (κ1) is 19.7. The monoisotopic (exact) mass is 349 g/mol. The number of nitrogens with one attached hydrogen (secondary N) is 1. The van der Waals surface area contributed by atoms with Crippen molar-refractivity contribution in [2.45, 2.75) is 26.0 Å². The van der Waals surface area contributed by atoms with E-state index in [1.165, 1.54) is 0 Å². The maximum absolute atomic E-state index is 12.0. The van der Waals surface area contributed by atoms with Crippen molar-refractivity contribution in [2.75, 3.05) is 53.5 Å². The lowest BCUT2D eigenvalue weighted by Crippen LogP contribution is -2.58. The Kier molecular flexibility index (Phi) is 7.23. The number of hydrogen-bond donors (Lipinski definition) is 1. The molecule has 1 aliphatic rings. The lowest BCUT2D eigenvalue weighted by molar-refractivity contribution is -0.126. The average molecular weight is 349 g/mol. The number of benzene rings is 1. The fourth-order valence-electron chi connectivity index (χ4n) is 2.87. The highest BCUT2D eigenvalue weighted by Crippen LogP contribution is 2.15. The van der Waals surface area contributed by atoms with Crippen LogP contribution < -0.4 is 10.1 Å². The van der Waals surface area contributed by atoms with Gasteiger partial charge in [0.25, 0.3) is 0 Å². The molecule has 0 atom stereocenters. The molecular formula is C19H31N3O3. The van der Waals surface area contributed by atoms with Crippen LogP contribution in [0.5, 0.6) is 5.75 Å². The predicted octanol–water partition coefficient (Wildman–Crippen LogP) is 1.35. The van der Waals surface area contributed by atoms with Crippen molar-refractivity contribution in [2.24, 2.45) is 0 Å². The fraction of sp³-hybridized carbons (Fsp3) is 0.632. The molecule has 1 amide bonds. The summed E-state index contributed by atoms with van der Waals surface area (Å²) in [5, 5.41) is 3.00. The van der Waals surface area contributed by atoms with E-state index >= 15 is 0 Å². The van der Waals surface area contributed by atoms with E-state index in [1.807, 2.05) is 24.3 Å². The minimum Gasteiger partial charge on any atom is -0.497 e. The number of piperazine rings is 1. The number of carbonyl (C=O) groups excluding carboxylic acids is 1. The van der Waals surface area contributed by atoms with Crippen molar-refractivity contribution in [3.8, 4) is 5.75 Å². The smallest absolute Gasteiger partial charge is 0.246 e. The molecule has 25 heavy (non-hydrogen) atoms. The Morgan fingerprint density at radius 2 is 1.80 bits per heavy atom. The van der Waals surface area contributed by atoms with Crippen LogP contribution in [-0.4, -0.2) is 74.7 Å². The summed E-state index contributed by atoms with van der Waals surface area (Å²) in [6.07, 6.45) is 0. The zero-order valence-corrected chi connectivity index (χ0v) is 15.9. The topological polar surface area (TPSA) is 54.0 Å². The molecule has 0 unspecified atom stereocenters. The summed E-state index contributed by atoms with van der Waals surface area (Å²) in [7, 11) is 3.78. The molecule has 140 valence electrons. The minimum absolute atomic E-state index is 0.0487. The van der Waals surface area contributed by atoms with Gasteiger partial charge in [-0.15, -0.1) is 0 Å². The SMILES string of the molecule is COc1ccc(COCC(=O)NCC(C)(C)N2CCN(C)CC2)cc1. The molecule has 0 bridgehead atoms. The molecule has 1 N–H and O–H groups in total. The summed E-state index contributed by atoms with van der Waals surface area (Å²) in [6, 6.07) is 7.65. The van der Waals surface area contributed by atoms with Crippen LogP contribution in [0, 0.1) is 0 Å². The van der Waals surface area contributed by atoms with Crippen LogP contribution in [0.2, 0.25) is 0 Å². The van der Waals surface area contributed by atoms with E-state index in [-0.39, 0.29) is 18.1 Å². The van der Waals surface area contributed by atoms with Gasteiger partial charge in [0, 0.05) is 38.3 Å². The Hall–Kier alpha value is -1.63. The minimum atomic E-state index is -0.0734. The Morgan fingerprint density at radius 3 is 2.40 bits per heavy atom. The predicted molar refractivity (Wildman–Crippen MR) is 98.8 cm³/mol. The van der Waals surface area contributed by atoms with Gasteiger partial charge in [-0.3, -0.25) is 9.69 Å². The number of methoxy groups -OCH3 is 1. The zero-order chi connectivity index (χ0) is 18.3. The maximum Gasteiger partial charge on any atom is 0.246 e. The largest absolute Gasteiger partial charge is 0.497 e. The molecule has 6 heteroatoms. The molecule has 1 saturated heterocycles. The van der Waals surface area contributed by atoms with Crippen molar-refractivity contribution >= 4 is 5.91 Å². The summed E-state index contributed by atoms with van der Waals surface area (Å²) >= 11 is 0. The van der Waals surface area contributed by atoms with Crippen LogP contribution in [0.15, 0.2) is 24.3 Å². The van der Waals surface area contributed by atoms with E-state index < -0.39 is 0 Å². The number of nitrogens with zero attached hydrogens (tertiary/aromatic N) is 2. The summed E-state index contributed by atoms with van der Waals surface area (Å²) in [4.78, 5) is 16.8. The van der Waals surface area contributed by atoms with Crippen LogP contribution in [0.4, 0.5) is 0 Å². The van der Waals surface area contributed by atoms with E-state index in [0.29, 0.717) is 13.2 Å². The molecule has 2 rings (SSSR count). The molecule has 1 aliphatic heterocycles. The third-order valence-electron chi connectivity index (χ3n) is 4.74. The number of likely N-dealkylation sites (N-methyl/N-ethyl adjacent to an activating group) is 1. The number of rotatable bonds is 8. The second-order valence-corrected chi connectivity index (χ2v) is 7.22. The molecule has 0 spiro atoms. The van der Waals surface area contributed by atoms with Crippen molar-refractivity contribution in [1.82, 2.24) is 15.1 Å². The molecule has 6 nitrogen and oxygen atoms in total. The fourth-order valence-corrected chi connectivity index (χ4v) is 2.87. The van der Waals surface area contributed by atoms with Gasteiger partial charge in [-0.25, -0.2) is 0 Å². The first-order valence-corrected chi connectivity index (χ1v) is 8.82. The molecular weight excluding hydrogens is 318 g/mol. The third-order valence-corrected chi connectivity index (χ3v) is 4.74. The van der Waals surface area contributed by atoms with Crippen molar-refractivity contribution < 1.29 is 14.3 Å². The van der Waals surface area contributed by atoms with E-state index in [1.54, 1.807) is 7.11 Å². The second kappa shape index (κ2) is 9.17. The maximum atomic E-state index is 12.0. The van der Waals surface area contributed by atoms with E-state index in [9.17, 15) is 4.79 Å². The standard InChI is InChI=1S/C19H31N3O3/c1-19(2,22-11-9-21(3)10-12-22)15-20-18(23)14-25-13-16-5-7-17(24-4)8-6-16/h5-8H,9-15H2,1-4H3,(H,20,23). The normalized spacial score (nSPS) is 16.6. The van der Waals surface area contributed by atoms with Crippen molar-refractivity contribution in [1.29, 1.82) is 0 Å². The van der Waals surface area contributed by atoms with Crippen LogP contribution in [0.25, 0.3) is 0 Å². The van der Waals surface area contributed by atoms with Crippen molar-refractivity contribution in [3.63, 3.8) is 0 Å². The van der Waals surface area contributed by atoms with Gasteiger partial charge >= 0.3 is 0 Å². The molecule has 0 saturated carbocycles. The van der Waals surface area contributed by atoms with Crippen LogP contribution in [0.1, 0.15) is 19.4 Å². The molecule has 1 aromatic carbocycles. The van der Waals surface area contributed by atoms with Crippen LogP contribution >= 0.6 is 0 Å². The highest BCUT2D eigenvalue weighted by atomic mass is 16.5. The van der Waals surface area contributed by atoms with Crippen LogP contribution in [0.3, 0.4) is 0 Å². The number of hydrogen-bond acceptors (Lipinski definition) is 5. The number of amides is 1. The average Bonchev–Trinajstić information content (AvgIpc) is 2.61. The van der Waals surface area contributed by atoms with Gasteiger partial charge in [0.05, 0.1) is 13.7 Å². The number of ether oxygens (including phenoxy) is 2. The van der Waals surface area contributed by atoms with Gasteiger partial charge in [-0.1, -0.05) is 12.1 Å². The Morgan fingerprint density at radius 1 is 1.16 bits per heavy atom. The van der Waals surface area contributed by atoms with E-state index in [4.69, 9.17) is 9.47 Å². The molecule has 0 aliphatic carbocycles. The molecule has 0 radical (unpaired) electrons. The van der Waals surface area contributed by atoms with Gasteiger partial charge in [-0.2, -0.15) is 0 Å². The second-order valence-electron chi connectivity index (χ2n) is 7.22. The summed E-state index contributed by atoms with van der Waals surface area (Å²) < 4.78 is 10.6. The van der Waals surface area contributed by atoms with Crippen molar-refractivity contribution in [3.05, 3.63) is 29.8 Å². The Balaban J connectivity index is 1.67. The first-order valence-electron chi connectivity index (χ1n) is 8.82. The quantitative estimate of drug-likeness (QED) is 0.768. The van der Waals surface area contributed by atoms with Crippen LogP contribution in [-0.2, 0) is 16.1 Å².